The lowest BCUT2D eigenvalue weighted by Crippen LogP contribution is -2.48. The van der Waals surface area contributed by atoms with Crippen molar-refractivity contribution in [3.63, 3.8) is 0 Å². The van der Waals surface area contributed by atoms with Gasteiger partial charge in [-0.2, -0.15) is 0 Å². The molecule has 1 aliphatic heterocycles. The number of nitrogens with zero attached hydrogens (tertiary/aromatic N) is 3. The molecule has 0 atom stereocenters. The number of rotatable bonds is 5. The van der Waals surface area contributed by atoms with E-state index in [1.54, 1.807) is 6.07 Å². The first-order chi connectivity index (χ1) is 12.5. The first-order valence-corrected chi connectivity index (χ1v) is 9.43. The van der Waals surface area contributed by atoms with Crippen molar-refractivity contribution in [1.82, 2.24) is 14.8 Å². The molecule has 1 aliphatic rings. The molecule has 2 heterocycles. The van der Waals surface area contributed by atoms with E-state index in [0.717, 1.165) is 37.7 Å². The second kappa shape index (κ2) is 9.02. The molecule has 138 valence electrons. The van der Waals surface area contributed by atoms with Gasteiger partial charge in [0.25, 0.3) is 0 Å². The molecule has 1 fully saturated rings. The molecule has 0 spiro atoms. The molecule has 0 radical (unpaired) electrons. The summed E-state index contributed by atoms with van der Waals surface area (Å²) in [5.74, 6) is 0.204. The number of piperazine rings is 1. The summed E-state index contributed by atoms with van der Waals surface area (Å²) in [5, 5.41) is 4.25. The summed E-state index contributed by atoms with van der Waals surface area (Å²) in [6.45, 7) is 4.70. The number of carbonyl (C=O) groups excluding carboxylic acids is 1. The van der Waals surface area contributed by atoms with Gasteiger partial charge < -0.3 is 5.32 Å². The van der Waals surface area contributed by atoms with Crippen molar-refractivity contribution in [2.24, 2.45) is 0 Å². The number of carbonyl (C=O) groups is 1. The van der Waals surface area contributed by atoms with E-state index in [-0.39, 0.29) is 5.91 Å². The Labute approximate surface area is 167 Å². The van der Waals surface area contributed by atoms with Gasteiger partial charge in [-0.3, -0.25) is 14.6 Å². The van der Waals surface area contributed by atoms with E-state index in [2.05, 4.69) is 20.1 Å². The highest BCUT2D eigenvalue weighted by Crippen LogP contribution is 2.22. The van der Waals surface area contributed by atoms with Gasteiger partial charge in [0.1, 0.15) is 0 Å². The van der Waals surface area contributed by atoms with E-state index in [9.17, 15) is 4.79 Å². The Morgan fingerprint density at radius 1 is 1.00 bits per heavy atom. The average molecular weight is 414 g/mol. The third kappa shape index (κ3) is 5.56. The van der Waals surface area contributed by atoms with Crippen LogP contribution in [0.25, 0.3) is 0 Å². The predicted octanol–water partition coefficient (Wildman–Crippen LogP) is 3.80. The number of nitrogens with one attached hydrogen (secondary N) is 1. The van der Waals surface area contributed by atoms with Gasteiger partial charge in [0.05, 0.1) is 16.6 Å². The highest BCUT2D eigenvalue weighted by Gasteiger charge is 2.19. The molecule has 0 bridgehead atoms. The Kier molecular flexibility index (Phi) is 6.73. The van der Waals surface area contributed by atoms with Crippen LogP contribution < -0.4 is 5.32 Å². The minimum absolute atomic E-state index is 0.132. The van der Waals surface area contributed by atoms with Crippen molar-refractivity contribution in [1.29, 1.82) is 0 Å². The van der Waals surface area contributed by atoms with Gasteiger partial charge in [0.15, 0.2) is 5.82 Å². The highest BCUT2D eigenvalue weighted by atomic mass is 35.5. The van der Waals surface area contributed by atoms with E-state index >= 15 is 0 Å². The standard InChI is InChI=1S/C18H19Cl3N4O/c19-14-3-1-13(2-4-14)11-24-5-7-25(8-6-24)12-17(26)23-18-16(21)9-15(20)10-22-18/h1-4,9-10H,5-8,11-12H2,(H,22,23,26). The van der Waals surface area contributed by atoms with Crippen LogP contribution in [-0.2, 0) is 11.3 Å². The minimum atomic E-state index is -0.132. The smallest absolute Gasteiger partial charge is 0.239 e. The van der Waals surface area contributed by atoms with Crippen LogP contribution in [0.4, 0.5) is 5.82 Å². The van der Waals surface area contributed by atoms with Crippen molar-refractivity contribution in [2.75, 3.05) is 38.0 Å². The number of hydrogen-bond acceptors (Lipinski definition) is 4. The van der Waals surface area contributed by atoms with Gasteiger partial charge >= 0.3 is 0 Å². The molecule has 5 nitrogen and oxygen atoms in total. The van der Waals surface area contributed by atoms with Crippen LogP contribution in [0.1, 0.15) is 5.56 Å². The van der Waals surface area contributed by atoms with Crippen LogP contribution in [0.5, 0.6) is 0 Å². The predicted molar refractivity (Wildman–Crippen MR) is 106 cm³/mol. The number of amides is 1. The Balaban J connectivity index is 1.44. The first-order valence-electron chi connectivity index (χ1n) is 8.29. The van der Waals surface area contributed by atoms with Crippen molar-refractivity contribution in [3.05, 3.63) is 57.2 Å². The maximum atomic E-state index is 12.2. The zero-order valence-corrected chi connectivity index (χ0v) is 16.4. The lowest BCUT2D eigenvalue weighted by atomic mass is 10.2. The first kappa shape index (κ1) is 19.4. The van der Waals surface area contributed by atoms with Gasteiger partial charge in [-0.25, -0.2) is 4.98 Å². The van der Waals surface area contributed by atoms with Crippen molar-refractivity contribution < 1.29 is 4.79 Å². The maximum absolute atomic E-state index is 12.2. The zero-order chi connectivity index (χ0) is 18.5. The number of hydrogen-bond donors (Lipinski definition) is 1. The largest absolute Gasteiger partial charge is 0.308 e. The molecule has 1 N–H and O–H groups in total. The normalized spacial score (nSPS) is 15.8. The molecular formula is C18H19Cl3N4O. The monoisotopic (exact) mass is 412 g/mol. The SMILES string of the molecule is O=C(CN1CCN(Cc2ccc(Cl)cc2)CC1)Nc1ncc(Cl)cc1Cl. The zero-order valence-electron chi connectivity index (χ0n) is 14.1. The van der Waals surface area contributed by atoms with E-state index in [1.165, 1.54) is 11.8 Å². The minimum Gasteiger partial charge on any atom is -0.308 e. The number of halogens is 3. The highest BCUT2D eigenvalue weighted by molar-refractivity contribution is 6.36. The van der Waals surface area contributed by atoms with Crippen molar-refractivity contribution in [3.8, 4) is 0 Å². The summed E-state index contributed by atoms with van der Waals surface area (Å²) < 4.78 is 0. The molecule has 1 aromatic carbocycles. The van der Waals surface area contributed by atoms with Gasteiger partial charge in [0.2, 0.25) is 5.91 Å². The summed E-state index contributed by atoms with van der Waals surface area (Å²) in [6.07, 6.45) is 1.46. The number of pyridine rings is 1. The van der Waals surface area contributed by atoms with Crippen LogP contribution in [0.15, 0.2) is 36.5 Å². The summed E-state index contributed by atoms with van der Waals surface area (Å²) in [6, 6.07) is 9.47. The topological polar surface area (TPSA) is 48.5 Å². The Morgan fingerprint density at radius 3 is 2.31 bits per heavy atom. The van der Waals surface area contributed by atoms with E-state index in [1.807, 2.05) is 24.3 Å². The van der Waals surface area contributed by atoms with E-state index in [0.29, 0.717) is 22.4 Å². The number of anilines is 1. The number of benzene rings is 1. The molecular weight excluding hydrogens is 395 g/mol. The van der Waals surface area contributed by atoms with Crippen LogP contribution in [0.2, 0.25) is 15.1 Å². The fourth-order valence-electron chi connectivity index (χ4n) is 2.83. The molecule has 1 saturated heterocycles. The third-order valence-electron chi connectivity index (χ3n) is 4.22. The molecule has 2 aromatic rings. The fourth-order valence-corrected chi connectivity index (χ4v) is 3.39. The fraction of sp³-hybridized carbons (Fsp3) is 0.333. The maximum Gasteiger partial charge on any atom is 0.239 e. The molecule has 8 heteroatoms. The van der Waals surface area contributed by atoms with Gasteiger partial charge in [0, 0.05) is 43.9 Å². The molecule has 0 aliphatic carbocycles. The van der Waals surface area contributed by atoms with Crippen LogP contribution in [0, 0.1) is 0 Å². The van der Waals surface area contributed by atoms with E-state index in [4.69, 9.17) is 34.8 Å². The van der Waals surface area contributed by atoms with E-state index < -0.39 is 0 Å². The average Bonchev–Trinajstić information content (AvgIpc) is 2.61. The molecule has 1 aromatic heterocycles. The summed E-state index contributed by atoms with van der Waals surface area (Å²) in [5.41, 5.74) is 1.24. The Bertz CT molecular complexity index is 762. The van der Waals surface area contributed by atoms with Gasteiger partial charge in [-0.1, -0.05) is 46.9 Å². The van der Waals surface area contributed by atoms with Crippen LogP contribution >= 0.6 is 34.8 Å². The van der Waals surface area contributed by atoms with Crippen LogP contribution in [-0.4, -0.2) is 53.4 Å². The van der Waals surface area contributed by atoms with Gasteiger partial charge in [-0.15, -0.1) is 0 Å². The summed E-state index contributed by atoms with van der Waals surface area (Å²) in [4.78, 5) is 20.7. The molecule has 26 heavy (non-hydrogen) atoms. The lowest BCUT2D eigenvalue weighted by molar-refractivity contribution is -0.117. The lowest BCUT2D eigenvalue weighted by Gasteiger charge is -2.34. The Hall–Kier alpha value is -1.37. The molecule has 0 saturated carbocycles. The summed E-state index contributed by atoms with van der Waals surface area (Å²) >= 11 is 17.8. The number of aromatic nitrogens is 1. The second-order valence-electron chi connectivity index (χ2n) is 6.21. The summed E-state index contributed by atoms with van der Waals surface area (Å²) in [7, 11) is 0. The quantitative estimate of drug-likeness (QED) is 0.810. The molecule has 0 unspecified atom stereocenters. The van der Waals surface area contributed by atoms with Crippen molar-refractivity contribution in [2.45, 2.75) is 6.54 Å². The van der Waals surface area contributed by atoms with Crippen molar-refractivity contribution >= 4 is 46.5 Å². The molecule has 3 rings (SSSR count). The Morgan fingerprint density at radius 2 is 1.65 bits per heavy atom. The third-order valence-corrected chi connectivity index (χ3v) is 4.96. The van der Waals surface area contributed by atoms with Crippen LogP contribution in [0.3, 0.4) is 0 Å². The molecule has 1 amide bonds. The second-order valence-corrected chi connectivity index (χ2v) is 7.49. The van der Waals surface area contributed by atoms with Gasteiger partial charge in [-0.05, 0) is 23.8 Å².